The van der Waals surface area contributed by atoms with Crippen molar-refractivity contribution in [1.82, 2.24) is 4.57 Å². The molecule has 3 heteroatoms. The molecule has 0 saturated heterocycles. The van der Waals surface area contributed by atoms with E-state index in [0.29, 0.717) is 0 Å². The molecule has 0 spiro atoms. The van der Waals surface area contributed by atoms with Crippen LogP contribution in [0.25, 0.3) is 10.9 Å². The van der Waals surface area contributed by atoms with Gasteiger partial charge in [-0.1, -0.05) is 18.2 Å². The SMILES string of the molecule is Cn1c2c(c3ccccc31)C[N+](C)(C)CC2.[I-]. The lowest BCUT2D eigenvalue weighted by Gasteiger charge is -2.34. The number of hydrogen-bond acceptors (Lipinski definition) is 0. The number of halogens is 1. The first-order valence-electron chi connectivity index (χ1n) is 5.96. The molecule has 1 aromatic carbocycles. The zero-order valence-corrected chi connectivity index (χ0v) is 12.9. The average Bonchev–Trinajstić information content (AvgIpc) is 2.52. The molecule has 2 nitrogen and oxygen atoms in total. The Balaban J connectivity index is 0.00000108. The maximum Gasteiger partial charge on any atom is 0.106 e. The van der Waals surface area contributed by atoms with Crippen LogP contribution in [0.4, 0.5) is 0 Å². The Morgan fingerprint density at radius 3 is 2.65 bits per heavy atom. The molecule has 0 aliphatic carbocycles. The second kappa shape index (κ2) is 4.28. The molecule has 2 aromatic rings. The number of benzene rings is 1. The molecule has 0 saturated carbocycles. The minimum Gasteiger partial charge on any atom is -1.00 e. The normalized spacial score (nSPS) is 17.6. The van der Waals surface area contributed by atoms with Crippen molar-refractivity contribution in [3.8, 4) is 0 Å². The summed E-state index contributed by atoms with van der Waals surface area (Å²) in [7, 11) is 6.85. The van der Waals surface area contributed by atoms with Crippen molar-refractivity contribution in [2.75, 3.05) is 20.6 Å². The molecule has 0 radical (unpaired) electrons. The van der Waals surface area contributed by atoms with Gasteiger partial charge < -0.3 is 33.0 Å². The molecule has 0 atom stereocenters. The smallest absolute Gasteiger partial charge is 0.106 e. The van der Waals surface area contributed by atoms with Crippen LogP contribution in [0, 0.1) is 0 Å². The summed E-state index contributed by atoms with van der Waals surface area (Å²) in [5.74, 6) is 0. The van der Waals surface area contributed by atoms with Crippen molar-refractivity contribution in [3.05, 3.63) is 35.5 Å². The molecular formula is C14H19IN2. The monoisotopic (exact) mass is 342 g/mol. The molecule has 2 heterocycles. The fourth-order valence-corrected chi connectivity index (χ4v) is 2.94. The van der Waals surface area contributed by atoms with Gasteiger partial charge in [-0.15, -0.1) is 0 Å². The average molecular weight is 342 g/mol. The van der Waals surface area contributed by atoms with Gasteiger partial charge >= 0.3 is 0 Å². The second-order valence-electron chi connectivity index (χ2n) is 5.57. The summed E-state index contributed by atoms with van der Waals surface area (Å²) in [5.41, 5.74) is 4.49. The summed E-state index contributed by atoms with van der Waals surface area (Å²) < 4.78 is 3.49. The highest BCUT2D eigenvalue weighted by atomic mass is 127. The van der Waals surface area contributed by atoms with Gasteiger partial charge in [0, 0.05) is 35.6 Å². The quantitative estimate of drug-likeness (QED) is 0.442. The standard InChI is InChI=1S/C14H19N2.HI/c1-15-13-7-5-4-6-11(13)12-10-16(2,3)9-8-14(12)15;/h4-7H,8-10H2,1-3H3;1H/q+1;/p-1. The first-order valence-corrected chi connectivity index (χ1v) is 5.96. The third-order valence-corrected chi connectivity index (χ3v) is 3.88. The molecule has 0 bridgehead atoms. The highest BCUT2D eigenvalue weighted by Crippen LogP contribution is 2.31. The predicted octanol–water partition coefficient (Wildman–Crippen LogP) is -0.685. The second-order valence-corrected chi connectivity index (χ2v) is 5.57. The van der Waals surface area contributed by atoms with Crippen LogP contribution in [0.15, 0.2) is 24.3 Å². The number of nitrogens with zero attached hydrogens (tertiary/aromatic N) is 2. The Hall–Kier alpha value is -0.550. The summed E-state index contributed by atoms with van der Waals surface area (Å²) in [6.45, 7) is 2.41. The summed E-state index contributed by atoms with van der Waals surface area (Å²) in [5, 5.41) is 1.45. The van der Waals surface area contributed by atoms with Crippen LogP contribution in [0.2, 0.25) is 0 Å². The van der Waals surface area contributed by atoms with Gasteiger partial charge in [-0.25, -0.2) is 0 Å². The predicted molar refractivity (Wildman–Crippen MR) is 67.3 cm³/mol. The highest BCUT2D eigenvalue weighted by Gasteiger charge is 2.28. The van der Waals surface area contributed by atoms with E-state index in [1.165, 1.54) is 23.9 Å². The summed E-state index contributed by atoms with van der Waals surface area (Å²) >= 11 is 0. The molecule has 3 rings (SSSR count). The molecule has 1 aromatic heterocycles. The molecular weight excluding hydrogens is 323 g/mol. The van der Waals surface area contributed by atoms with Crippen LogP contribution >= 0.6 is 0 Å². The first kappa shape index (κ1) is 12.9. The van der Waals surface area contributed by atoms with Crippen LogP contribution in [0.1, 0.15) is 11.3 Å². The van der Waals surface area contributed by atoms with Crippen molar-refractivity contribution in [2.24, 2.45) is 7.05 Å². The van der Waals surface area contributed by atoms with E-state index in [9.17, 15) is 0 Å². The Bertz CT molecular complexity index is 555. The molecule has 92 valence electrons. The summed E-state index contributed by atoms with van der Waals surface area (Å²) in [4.78, 5) is 0. The minimum atomic E-state index is 0. The summed E-state index contributed by atoms with van der Waals surface area (Å²) in [6, 6.07) is 8.78. The fraction of sp³-hybridized carbons (Fsp3) is 0.429. The van der Waals surface area contributed by atoms with Gasteiger partial charge in [0.25, 0.3) is 0 Å². The van der Waals surface area contributed by atoms with E-state index >= 15 is 0 Å². The Kier molecular flexibility index (Phi) is 3.25. The fourth-order valence-electron chi connectivity index (χ4n) is 2.94. The number of para-hydroxylation sites is 1. The first-order chi connectivity index (χ1) is 7.58. The molecule has 0 unspecified atom stereocenters. The largest absolute Gasteiger partial charge is 1.00 e. The lowest BCUT2D eigenvalue weighted by Crippen LogP contribution is -3.00. The van der Waals surface area contributed by atoms with Gasteiger partial charge in [-0.2, -0.15) is 0 Å². The Morgan fingerprint density at radius 2 is 1.88 bits per heavy atom. The zero-order valence-electron chi connectivity index (χ0n) is 10.7. The van der Waals surface area contributed by atoms with E-state index in [2.05, 4.69) is 50.0 Å². The number of hydrogen-bond donors (Lipinski definition) is 0. The molecule has 0 fully saturated rings. The Morgan fingerprint density at radius 1 is 1.18 bits per heavy atom. The number of aryl methyl sites for hydroxylation is 1. The van der Waals surface area contributed by atoms with E-state index < -0.39 is 0 Å². The number of aromatic nitrogens is 1. The van der Waals surface area contributed by atoms with Gasteiger partial charge in [0.05, 0.1) is 20.6 Å². The van der Waals surface area contributed by atoms with Gasteiger partial charge in [0.2, 0.25) is 0 Å². The molecule has 1 aliphatic heterocycles. The molecule has 1 aliphatic rings. The zero-order chi connectivity index (χ0) is 11.3. The molecule has 0 N–H and O–H groups in total. The van der Waals surface area contributed by atoms with E-state index in [0.717, 1.165) is 11.0 Å². The number of rotatable bonds is 0. The van der Waals surface area contributed by atoms with Crippen LogP contribution in [-0.2, 0) is 20.0 Å². The van der Waals surface area contributed by atoms with Crippen LogP contribution in [-0.4, -0.2) is 29.7 Å². The van der Waals surface area contributed by atoms with Crippen molar-refractivity contribution in [2.45, 2.75) is 13.0 Å². The maximum absolute atomic E-state index is 2.38. The topological polar surface area (TPSA) is 4.93 Å². The van der Waals surface area contributed by atoms with Gasteiger partial charge in [-0.3, -0.25) is 0 Å². The van der Waals surface area contributed by atoms with Crippen molar-refractivity contribution in [3.63, 3.8) is 0 Å². The molecule has 17 heavy (non-hydrogen) atoms. The van der Waals surface area contributed by atoms with E-state index in [-0.39, 0.29) is 24.0 Å². The van der Waals surface area contributed by atoms with Gasteiger partial charge in [-0.05, 0) is 6.07 Å². The van der Waals surface area contributed by atoms with Crippen LogP contribution < -0.4 is 24.0 Å². The van der Waals surface area contributed by atoms with E-state index in [4.69, 9.17) is 0 Å². The highest BCUT2D eigenvalue weighted by molar-refractivity contribution is 5.85. The third-order valence-electron chi connectivity index (χ3n) is 3.88. The van der Waals surface area contributed by atoms with Crippen molar-refractivity contribution >= 4 is 10.9 Å². The van der Waals surface area contributed by atoms with Crippen LogP contribution in [0.5, 0.6) is 0 Å². The number of quaternary nitrogens is 1. The minimum absolute atomic E-state index is 0. The lowest BCUT2D eigenvalue weighted by atomic mass is 10.0. The number of fused-ring (bicyclic) bond motifs is 3. The van der Waals surface area contributed by atoms with E-state index in [1.807, 2.05) is 0 Å². The van der Waals surface area contributed by atoms with E-state index in [1.54, 1.807) is 11.3 Å². The third kappa shape index (κ3) is 1.99. The van der Waals surface area contributed by atoms with Gasteiger partial charge in [0.1, 0.15) is 6.54 Å². The van der Waals surface area contributed by atoms with Crippen molar-refractivity contribution in [1.29, 1.82) is 0 Å². The van der Waals surface area contributed by atoms with Crippen LogP contribution in [0.3, 0.4) is 0 Å². The van der Waals surface area contributed by atoms with Gasteiger partial charge in [0.15, 0.2) is 0 Å². The number of likely N-dealkylation sites (N-methyl/N-ethyl adjacent to an activating group) is 1. The lowest BCUT2D eigenvalue weighted by molar-refractivity contribution is -0.905. The maximum atomic E-state index is 2.38. The Labute approximate surface area is 120 Å². The summed E-state index contributed by atoms with van der Waals surface area (Å²) in [6.07, 6.45) is 1.20. The van der Waals surface area contributed by atoms with Crippen molar-refractivity contribution < 1.29 is 28.5 Å². The molecule has 0 amide bonds.